The van der Waals surface area contributed by atoms with Crippen LogP contribution < -0.4 is 5.32 Å². The SMILES string of the molecule is C[C@H](Cc1cccs1)NC(=O)c1cnn(CCN2CCCCC2)c1. The van der Waals surface area contributed by atoms with Gasteiger partial charge in [-0.15, -0.1) is 11.3 Å². The van der Waals surface area contributed by atoms with Crippen molar-refractivity contribution in [2.45, 2.75) is 45.2 Å². The van der Waals surface area contributed by atoms with Gasteiger partial charge >= 0.3 is 0 Å². The van der Waals surface area contributed by atoms with Crippen LogP contribution in [0.2, 0.25) is 0 Å². The maximum Gasteiger partial charge on any atom is 0.254 e. The van der Waals surface area contributed by atoms with E-state index in [1.165, 1.54) is 37.2 Å². The topological polar surface area (TPSA) is 50.2 Å². The number of aromatic nitrogens is 2. The van der Waals surface area contributed by atoms with Crippen molar-refractivity contribution < 1.29 is 4.79 Å². The lowest BCUT2D eigenvalue weighted by atomic mass is 10.1. The molecule has 24 heavy (non-hydrogen) atoms. The Kier molecular flexibility index (Phi) is 6.04. The highest BCUT2D eigenvalue weighted by molar-refractivity contribution is 7.09. The molecule has 1 aliphatic rings. The minimum atomic E-state index is -0.0386. The molecule has 0 radical (unpaired) electrons. The van der Waals surface area contributed by atoms with Crippen molar-refractivity contribution in [3.05, 3.63) is 40.3 Å². The number of thiophene rings is 1. The van der Waals surface area contributed by atoms with E-state index in [0.717, 1.165) is 19.5 Å². The van der Waals surface area contributed by atoms with Gasteiger partial charge in [0.1, 0.15) is 0 Å². The molecular formula is C18H26N4OS. The van der Waals surface area contributed by atoms with Crippen LogP contribution in [0.3, 0.4) is 0 Å². The minimum absolute atomic E-state index is 0.0386. The van der Waals surface area contributed by atoms with Gasteiger partial charge in [0.15, 0.2) is 0 Å². The number of amides is 1. The van der Waals surface area contributed by atoms with E-state index < -0.39 is 0 Å². The van der Waals surface area contributed by atoms with Crippen LogP contribution in [0.1, 0.15) is 41.4 Å². The molecule has 1 aliphatic heterocycles. The monoisotopic (exact) mass is 346 g/mol. The predicted molar refractivity (Wildman–Crippen MR) is 97.5 cm³/mol. The zero-order chi connectivity index (χ0) is 16.8. The van der Waals surface area contributed by atoms with Crippen LogP contribution in [0.4, 0.5) is 0 Å². The fourth-order valence-corrected chi connectivity index (χ4v) is 3.95. The Hall–Kier alpha value is -1.66. The molecule has 3 heterocycles. The number of nitrogens with one attached hydrogen (secondary N) is 1. The molecular weight excluding hydrogens is 320 g/mol. The van der Waals surface area contributed by atoms with Gasteiger partial charge in [-0.05, 0) is 44.3 Å². The Morgan fingerprint density at radius 1 is 1.33 bits per heavy atom. The van der Waals surface area contributed by atoms with Gasteiger partial charge in [-0.1, -0.05) is 12.5 Å². The molecule has 1 fully saturated rings. The summed E-state index contributed by atoms with van der Waals surface area (Å²) in [4.78, 5) is 16.1. The number of hydrogen-bond donors (Lipinski definition) is 1. The van der Waals surface area contributed by atoms with Crippen molar-refractivity contribution in [2.24, 2.45) is 0 Å². The fraction of sp³-hybridized carbons (Fsp3) is 0.556. The first-order chi connectivity index (χ1) is 11.7. The van der Waals surface area contributed by atoms with Gasteiger partial charge in [0.05, 0.1) is 18.3 Å². The molecule has 0 bridgehead atoms. The second kappa shape index (κ2) is 8.44. The summed E-state index contributed by atoms with van der Waals surface area (Å²) in [7, 11) is 0. The van der Waals surface area contributed by atoms with Crippen LogP contribution in [0.25, 0.3) is 0 Å². The molecule has 2 aromatic rings. The van der Waals surface area contributed by atoms with Crippen molar-refractivity contribution in [3.63, 3.8) is 0 Å². The summed E-state index contributed by atoms with van der Waals surface area (Å²) >= 11 is 1.73. The van der Waals surface area contributed by atoms with Crippen LogP contribution in [0, 0.1) is 0 Å². The molecule has 130 valence electrons. The highest BCUT2D eigenvalue weighted by Gasteiger charge is 2.14. The van der Waals surface area contributed by atoms with E-state index in [4.69, 9.17) is 0 Å². The van der Waals surface area contributed by atoms with Crippen LogP contribution in [-0.2, 0) is 13.0 Å². The summed E-state index contributed by atoms with van der Waals surface area (Å²) in [5, 5.41) is 9.46. The van der Waals surface area contributed by atoms with Gasteiger partial charge in [0.25, 0.3) is 5.91 Å². The highest BCUT2D eigenvalue weighted by Crippen LogP contribution is 2.11. The molecule has 0 spiro atoms. The van der Waals surface area contributed by atoms with Crippen LogP contribution in [0.5, 0.6) is 0 Å². The maximum absolute atomic E-state index is 12.3. The Morgan fingerprint density at radius 2 is 2.17 bits per heavy atom. The molecule has 1 atom stereocenters. The van der Waals surface area contributed by atoms with Crippen molar-refractivity contribution in [1.29, 1.82) is 0 Å². The van der Waals surface area contributed by atoms with E-state index >= 15 is 0 Å². The van der Waals surface area contributed by atoms with Crippen molar-refractivity contribution in [1.82, 2.24) is 20.0 Å². The Labute approximate surface area is 147 Å². The van der Waals surface area contributed by atoms with E-state index in [-0.39, 0.29) is 11.9 Å². The predicted octanol–water partition coefficient (Wildman–Crippen LogP) is 2.79. The smallest absolute Gasteiger partial charge is 0.254 e. The van der Waals surface area contributed by atoms with Crippen molar-refractivity contribution in [2.75, 3.05) is 19.6 Å². The first kappa shape index (κ1) is 17.2. The van der Waals surface area contributed by atoms with E-state index in [1.807, 2.05) is 23.9 Å². The standard InChI is InChI=1S/C18H26N4OS/c1-15(12-17-6-5-11-24-17)20-18(23)16-13-19-22(14-16)10-9-21-7-3-2-4-8-21/h5-6,11,13-15H,2-4,7-10,12H2,1H3,(H,20,23)/t15-/m1/s1. The Bertz CT molecular complexity index is 631. The van der Waals surface area contributed by atoms with Gasteiger partial charge in [0, 0.05) is 30.1 Å². The van der Waals surface area contributed by atoms with Gasteiger partial charge in [-0.25, -0.2) is 0 Å². The Morgan fingerprint density at radius 3 is 2.92 bits per heavy atom. The van der Waals surface area contributed by atoms with Crippen molar-refractivity contribution >= 4 is 17.2 Å². The Balaban J connectivity index is 1.46. The number of nitrogens with zero attached hydrogens (tertiary/aromatic N) is 3. The quantitative estimate of drug-likeness (QED) is 0.839. The summed E-state index contributed by atoms with van der Waals surface area (Å²) < 4.78 is 1.88. The third kappa shape index (κ3) is 4.92. The van der Waals surface area contributed by atoms with Crippen LogP contribution >= 0.6 is 11.3 Å². The third-order valence-electron chi connectivity index (χ3n) is 4.45. The summed E-state index contributed by atoms with van der Waals surface area (Å²) in [5.74, 6) is -0.0386. The number of hydrogen-bond acceptors (Lipinski definition) is 4. The maximum atomic E-state index is 12.3. The second-order valence-corrected chi connectivity index (χ2v) is 7.58. The van der Waals surface area contributed by atoms with E-state index in [0.29, 0.717) is 5.56 Å². The molecule has 6 heteroatoms. The molecule has 0 aromatic carbocycles. The zero-order valence-corrected chi connectivity index (χ0v) is 15.1. The lowest BCUT2D eigenvalue weighted by Gasteiger charge is -2.26. The molecule has 2 aromatic heterocycles. The number of piperidine rings is 1. The molecule has 1 amide bonds. The van der Waals surface area contributed by atoms with Gasteiger partial charge in [-0.2, -0.15) is 5.10 Å². The first-order valence-electron chi connectivity index (χ1n) is 8.79. The fourth-order valence-electron chi connectivity index (χ4n) is 3.12. The van der Waals surface area contributed by atoms with Gasteiger partial charge in [-0.3, -0.25) is 9.48 Å². The van der Waals surface area contributed by atoms with Crippen LogP contribution in [-0.4, -0.2) is 46.3 Å². The van der Waals surface area contributed by atoms with Crippen molar-refractivity contribution in [3.8, 4) is 0 Å². The van der Waals surface area contributed by atoms with E-state index in [1.54, 1.807) is 17.5 Å². The minimum Gasteiger partial charge on any atom is -0.349 e. The normalized spacial score (nSPS) is 16.9. The zero-order valence-electron chi connectivity index (χ0n) is 14.3. The lowest BCUT2D eigenvalue weighted by molar-refractivity contribution is 0.0940. The highest BCUT2D eigenvalue weighted by atomic mass is 32.1. The summed E-state index contributed by atoms with van der Waals surface area (Å²) in [5.41, 5.74) is 0.645. The van der Waals surface area contributed by atoms with Gasteiger partial charge in [0.2, 0.25) is 0 Å². The second-order valence-electron chi connectivity index (χ2n) is 6.55. The summed E-state index contributed by atoms with van der Waals surface area (Å²) in [6.07, 6.45) is 8.35. The van der Waals surface area contributed by atoms with Crippen LogP contribution in [0.15, 0.2) is 29.9 Å². The molecule has 1 saturated heterocycles. The molecule has 5 nitrogen and oxygen atoms in total. The summed E-state index contributed by atoms with van der Waals surface area (Å²) in [6, 6.07) is 4.26. The number of rotatable bonds is 7. The number of carbonyl (C=O) groups excluding carboxylic acids is 1. The number of likely N-dealkylation sites (tertiary alicyclic amines) is 1. The molecule has 0 unspecified atom stereocenters. The molecule has 1 N–H and O–H groups in total. The molecule has 0 saturated carbocycles. The average molecular weight is 347 g/mol. The molecule has 3 rings (SSSR count). The number of carbonyl (C=O) groups is 1. The first-order valence-corrected chi connectivity index (χ1v) is 9.67. The van der Waals surface area contributed by atoms with Gasteiger partial charge < -0.3 is 10.2 Å². The van der Waals surface area contributed by atoms with E-state index in [2.05, 4.69) is 26.8 Å². The lowest BCUT2D eigenvalue weighted by Crippen LogP contribution is -2.33. The van der Waals surface area contributed by atoms with E-state index in [9.17, 15) is 4.79 Å². The largest absolute Gasteiger partial charge is 0.349 e. The molecule has 0 aliphatic carbocycles. The average Bonchev–Trinajstić information content (AvgIpc) is 3.25. The third-order valence-corrected chi connectivity index (χ3v) is 5.35. The summed E-state index contributed by atoms with van der Waals surface area (Å²) in [6.45, 7) is 6.28.